The molecule has 10 rings (SSSR count). The fourth-order valence-corrected chi connectivity index (χ4v) is 10.0. The number of hydrogen-bond acceptors (Lipinski definition) is 1. The first-order valence-corrected chi connectivity index (χ1v) is 20.3. The van der Waals surface area contributed by atoms with Gasteiger partial charge in [0.25, 0.3) is 0 Å². The summed E-state index contributed by atoms with van der Waals surface area (Å²) in [5.41, 5.74) is 18.1. The first kappa shape index (κ1) is 35.5. The third-order valence-corrected chi connectivity index (χ3v) is 12.7. The summed E-state index contributed by atoms with van der Waals surface area (Å²) in [5, 5.41) is 2.38. The van der Waals surface area contributed by atoms with E-state index in [-0.39, 0.29) is 5.41 Å². The summed E-state index contributed by atoms with van der Waals surface area (Å²) in [7, 11) is 0. The number of allylic oxidation sites excluding steroid dienone is 1. The summed E-state index contributed by atoms with van der Waals surface area (Å²) in [4.78, 5) is 2.42. The van der Waals surface area contributed by atoms with E-state index in [9.17, 15) is 0 Å². The summed E-state index contributed by atoms with van der Waals surface area (Å²) < 4.78 is 0. The van der Waals surface area contributed by atoms with Crippen LogP contribution < -0.4 is 15.3 Å². The van der Waals surface area contributed by atoms with Gasteiger partial charge in [0.15, 0.2) is 0 Å². The SMILES string of the molecule is C=C/C(c1ccc(N(c2ccc(-c3ccccc3)cc2)c2ccc3c(c2)C2(c4ccccc4-3)c3ccccc3C(C)(C)c3ccccc32)cc1)=c1/cccc/c1=C/C. The lowest BCUT2D eigenvalue weighted by Gasteiger charge is -2.46. The second-order valence-corrected chi connectivity index (χ2v) is 16.0. The molecule has 8 aromatic rings. The summed E-state index contributed by atoms with van der Waals surface area (Å²) >= 11 is 0. The molecule has 0 bridgehead atoms. The molecule has 0 aliphatic heterocycles. The smallest absolute Gasteiger partial charge is 0.0720 e. The van der Waals surface area contributed by atoms with Gasteiger partial charge in [-0.05, 0) is 121 Å². The van der Waals surface area contributed by atoms with E-state index in [0.29, 0.717) is 0 Å². The van der Waals surface area contributed by atoms with Crippen molar-refractivity contribution in [1.29, 1.82) is 0 Å². The Hall–Kier alpha value is -6.96. The Bertz CT molecular complexity index is 2940. The van der Waals surface area contributed by atoms with E-state index in [1.54, 1.807) is 0 Å². The number of hydrogen-bond donors (Lipinski definition) is 0. The van der Waals surface area contributed by atoms with Crippen molar-refractivity contribution in [1.82, 2.24) is 0 Å². The third kappa shape index (κ3) is 5.31. The number of nitrogens with zero attached hydrogens (tertiary/aromatic N) is 1. The summed E-state index contributed by atoms with van der Waals surface area (Å²) in [6.45, 7) is 11.1. The second-order valence-electron chi connectivity index (χ2n) is 16.0. The van der Waals surface area contributed by atoms with E-state index in [1.165, 1.54) is 66.1 Å². The van der Waals surface area contributed by atoms with Gasteiger partial charge in [-0.3, -0.25) is 0 Å². The lowest BCUT2D eigenvalue weighted by molar-refractivity contribution is 0.563. The molecule has 0 atom stereocenters. The molecule has 1 heteroatoms. The summed E-state index contributed by atoms with van der Waals surface area (Å²) in [6.07, 6.45) is 4.15. The van der Waals surface area contributed by atoms with Gasteiger partial charge < -0.3 is 4.90 Å². The normalized spacial score (nSPS) is 14.8. The van der Waals surface area contributed by atoms with Crippen molar-refractivity contribution in [2.45, 2.75) is 31.6 Å². The molecule has 0 amide bonds. The molecule has 0 fully saturated rings. The minimum Gasteiger partial charge on any atom is -0.310 e. The van der Waals surface area contributed by atoms with E-state index in [2.05, 4.69) is 232 Å². The third-order valence-electron chi connectivity index (χ3n) is 12.7. The van der Waals surface area contributed by atoms with Gasteiger partial charge in [0.2, 0.25) is 0 Å². The average molecular weight is 744 g/mol. The quantitative estimate of drug-likeness (QED) is 0.164. The van der Waals surface area contributed by atoms with Crippen LogP contribution in [0.15, 0.2) is 207 Å². The number of benzene rings is 8. The molecule has 8 aromatic carbocycles. The van der Waals surface area contributed by atoms with E-state index in [1.807, 2.05) is 6.08 Å². The Morgan fingerprint density at radius 2 is 0.966 bits per heavy atom. The van der Waals surface area contributed by atoms with E-state index in [0.717, 1.165) is 28.2 Å². The highest BCUT2D eigenvalue weighted by atomic mass is 15.1. The average Bonchev–Trinajstić information content (AvgIpc) is 3.57. The van der Waals surface area contributed by atoms with Crippen molar-refractivity contribution in [3.8, 4) is 22.3 Å². The molecule has 0 unspecified atom stereocenters. The maximum Gasteiger partial charge on any atom is 0.0720 e. The predicted octanol–water partition coefficient (Wildman–Crippen LogP) is 13.0. The number of anilines is 3. The zero-order chi connectivity index (χ0) is 39.4. The van der Waals surface area contributed by atoms with Gasteiger partial charge in [-0.1, -0.05) is 190 Å². The first-order chi connectivity index (χ1) is 28.4. The minimum absolute atomic E-state index is 0.154. The molecule has 2 aliphatic carbocycles. The van der Waals surface area contributed by atoms with Crippen molar-refractivity contribution >= 4 is 28.7 Å². The Labute approximate surface area is 342 Å². The van der Waals surface area contributed by atoms with Gasteiger partial charge >= 0.3 is 0 Å². The Kier molecular flexibility index (Phi) is 8.50. The lowest BCUT2D eigenvalue weighted by Crippen LogP contribution is -2.40. The molecule has 0 heterocycles. The Morgan fingerprint density at radius 1 is 0.466 bits per heavy atom. The molecule has 0 saturated heterocycles. The molecule has 278 valence electrons. The van der Waals surface area contributed by atoms with Crippen molar-refractivity contribution in [2.24, 2.45) is 0 Å². The molecular weight excluding hydrogens is 699 g/mol. The van der Waals surface area contributed by atoms with Gasteiger partial charge in [-0.15, -0.1) is 0 Å². The Morgan fingerprint density at radius 3 is 1.60 bits per heavy atom. The predicted molar refractivity (Wildman–Crippen MR) is 245 cm³/mol. The molecule has 0 N–H and O–H groups in total. The van der Waals surface area contributed by atoms with Crippen LogP contribution in [-0.2, 0) is 10.8 Å². The number of fused-ring (bicyclic) bond motifs is 9. The van der Waals surface area contributed by atoms with E-state index in [4.69, 9.17) is 0 Å². The maximum atomic E-state index is 4.25. The first-order valence-electron chi connectivity index (χ1n) is 20.3. The molecule has 0 saturated carbocycles. The summed E-state index contributed by atoms with van der Waals surface area (Å²) in [6, 6.07) is 71.7. The van der Waals surface area contributed by atoms with E-state index >= 15 is 0 Å². The summed E-state index contributed by atoms with van der Waals surface area (Å²) in [5.74, 6) is 0. The van der Waals surface area contributed by atoms with Gasteiger partial charge in [0, 0.05) is 22.5 Å². The van der Waals surface area contributed by atoms with Crippen LogP contribution in [0.3, 0.4) is 0 Å². The lowest BCUT2D eigenvalue weighted by atomic mass is 9.55. The van der Waals surface area contributed by atoms with Crippen molar-refractivity contribution < 1.29 is 0 Å². The zero-order valence-electron chi connectivity index (χ0n) is 33.3. The van der Waals surface area contributed by atoms with Crippen LogP contribution in [0.5, 0.6) is 0 Å². The van der Waals surface area contributed by atoms with Crippen LogP contribution in [0.4, 0.5) is 17.1 Å². The minimum atomic E-state index is -0.477. The standard InChI is InChI=1S/C57H45N/c1-5-39-18-10-11-21-47(39)46(6-2)42-30-34-44(35-31-42)58(43-32-28-41(29-33-43)40-19-8-7-9-20-40)45-36-37-49-48-22-12-13-23-50(48)57(55(49)38-45)53-26-16-14-24-51(53)56(3,4)52-25-15-17-27-54(52)57/h5-38H,2H2,1,3-4H3/b39-5-,47-46+. The molecule has 1 nitrogen and oxygen atoms in total. The maximum absolute atomic E-state index is 4.25. The highest BCUT2D eigenvalue weighted by molar-refractivity contribution is 5.91. The van der Waals surface area contributed by atoms with Crippen LogP contribution in [0.1, 0.15) is 59.7 Å². The fraction of sp³-hybridized carbons (Fsp3) is 0.0877. The highest BCUT2D eigenvalue weighted by Gasteiger charge is 2.53. The molecule has 0 aromatic heterocycles. The van der Waals surface area contributed by atoms with Gasteiger partial charge in [-0.2, -0.15) is 0 Å². The topological polar surface area (TPSA) is 3.24 Å². The fourth-order valence-electron chi connectivity index (χ4n) is 10.0. The molecule has 0 radical (unpaired) electrons. The molecular formula is C57H45N. The van der Waals surface area contributed by atoms with Gasteiger partial charge in [0.05, 0.1) is 5.41 Å². The molecule has 2 aliphatic rings. The van der Waals surface area contributed by atoms with Crippen LogP contribution in [0.25, 0.3) is 33.9 Å². The van der Waals surface area contributed by atoms with Crippen LogP contribution >= 0.6 is 0 Å². The van der Waals surface area contributed by atoms with Crippen molar-refractivity contribution in [2.75, 3.05) is 4.90 Å². The van der Waals surface area contributed by atoms with Gasteiger partial charge in [0.1, 0.15) is 0 Å². The monoisotopic (exact) mass is 743 g/mol. The largest absolute Gasteiger partial charge is 0.310 e. The van der Waals surface area contributed by atoms with E-state index < -0.39 is 5.41 Å². The zero-order valence-corrected chi connectivity index (χ0v) is 33.3. The number of rotatable bonds is 6. The van der Waals surface area contributed by atoms with Crippen molar-refractivity contribution in [3.05, 3.63) is 256 Å². The Balaban J connectivity index is 1.20. The van der Waals surface area contributed by atoms with Crippen LogP contribution in [0.2, 0.25) is 0 Å². The van der Waals surface area contributed by atoms with Crippen LogP contribution in [0, 0.1) is 0 Å². The van der Waals surface area contributed by atoms with Crippen molar-refractivity contribution in [3.63, 3.8) is 0 Å². The van der Waals surface area contributed by atoms with Crippen LogP contribution in [-0.4, -0.2) is 0 Å². The van der Waals surface area contributed by atoms with Gasteiger partial charge in [-0.25, -0.2) is 0 Å². The molecule has 58 heavy (non-hydrogen) atoms. The highest BCUT2D eigenvalue weighted by Crippen LogP contribution is 2.62. The second kappa shape index (κ2) is 13.9. The molecule has 1 spiro atoms.